The Bertz CT molecular complexity index is 1200. The number of carbonyl (C=O) groups is 3. The first-order valence-electron chi connectivity index (χ1n) is 10.6. The zero-order chi connectivity index (χ0) is 22.8. The Morgan fingerprint density at radius 3 is 2.44 bits per heavy atom. The lowest BCUT2D eigenvalue weighted by atomic mass is 9.95. The molecule has 2 heterocycles. The van der Waals surface area contributed by atoms with Gasteiger partial charge in [-0.2, -0.15) is 0 Å². The number of halogens is 1. The predicted octanol–water partition coefficient (Wildman–Crippen LogP) is 3.69. The molecule has 7 nitrogen and oxygen atoms in total. The monoisotopic (exact) mass is 496 g/mol. The number of amides is 3. The molecule has 0 unspecified atom stereocenters. The van der Waals surface area contributed by atoms with Crippen LogP contribution >= 0.6 is 15.9 Å². The Kier molecular flexibility index (Phi) is 6.32. The van der Waals surface area contributed by atoms with E-state index in [0.717, 1.165) is 21.1 Å². The van der Waals surface area contributed by atoms with Crippen LogP contribution in [0.1, 0.15) is 28.9 Å². The highest BCUT2D eigenvalue weighted by molar-refractivity contribution is 9.10. The topological polar surface area (TPSA) is 97.4 Å². The molecule has 3 N–H and O–H groups in total. The number of primary amides is 1. The summed E-state index contributed by atoms with van der Waals surface area (Å²) in [5.74, 6) is -0.875. The maximum absolute atomic E-state index is 13.1. The lowest BCUT2D eigenvalue weighted by Gasteiger charge is -2.31. The van der Waals surface area contributed by atoms with E-state index in [-0.39, 0.29) is 30.2 Å². The van der Waals surface area contributed by atoms with E-state index in [9.17, 15) is 14.4 Å². The van der Waals surface area contributed by atoms with Gasteiger partial charge in [-0.25, -0.2) is 0 Å². The van der Waals surface area contributed by atoms with E-state index < -0.39 is 0 Å². The van der Waals surface area contributed by atoms with Crippen LogP contribution in [0.25, 0.3) is 10.9 Å². The van der Waals surface area contributed by atoms with Crippen LogP contribution in [-0.2, 0) is 16.1 Å². The molecule has 0 atom stereocenters. The maximum atomic E-state index is 13.1. The van der Waals surface area contributed by atoms with Crippen LogP contribution < -0.4 is 11.1 Å². The zero-order valence-corrected chi connectivity index (χ0v) is 19.4. The summed E-state index contributed by atoms with van der Waals surface area (Å²) in [6.45, 7) is 3.03. The van der Waals surface area contributed by atoms with Gasteiger partial charge >= 0.3 is 0 Å². The fraction of sp³-hybridized carbons (Fsp3) is 0.292. The van der Waals surface area contributed by atoms with Gasteiger partial charge < -0.3 is 20.5 Å². The maximum Gasteiger partial charge on any atom is 0.255 e. The molecule has 32 heavy (non-hydrogen) atoms. The molecule has 4 rings (SSSR count). The minimum Gasteiger partial charge on any atom is -0.369 e. The Morgan fingerprint density at radius 1 is 1.06 bits per heavy atom. The first-order valence-corrected chi connectivity index (χ1v) is 11.4. The Labute approximate surface area is 194 Å². The van der Waals surface area contributed by atoms with Gasteiger partial charge in [0.25, 0.3) is 5.91 Å². The van der Waals surface area contributed by atoms with Crippen molar-refractivity contribution in [3.8, 4) is 0 Å². The van der Waals surface area contributed by atoms with Crippen molar-refractivity contribution in [2.45, 2.75) is 26.3 Å². The van der Waals surface area contributed by atoms with Gasteiger partial charge in [0.1, 0.15) is 6.54 Å². The highest BCUT2D eigenvalue weighted by atomic mass is 79.9. The van der Waals surface area contributed by atoms with Gasteiger partial charge in [0.05, 0.1) is 11.3 Å². The highest BCUT2D eigenvalue weighted by Crippen LogP contribution is 2.30. The molecular weight excluding hydrogens is 472 g/mol. The largest absolute Gasteiger partial charge is 0.369 e. The SMILES string of the molecule is Cc1c(Br)c2ccccc2n1CC(=O)Nc1ccccc1C(=O)N1CCC(C(N)=O)CC1. The number of likely N-dealkylation sites (tertiary alicyclic amines) is 1. The van der Waals surface area contributed by atoms with Crippen LogP contribution in [0, 0.1) is 12.8 Å². The summed E-state index contributed by atoms with van der Waals surface area (Å²) in [6.07, 6.45) is 1.12. The van der Waals surface area contributed by atoms with Gasteiger partial charge in [0.2, 0.25) is 11.8 Å². The van der Waals surface area contributed by atoms with Gasteiger partial charge in [0, 0.05) is 40.1 Å². The molecule has 0 spiro atoms. The molecule has 1 aromatic heterocycles. The molecule has 1 aliphatic heterocycles. The van der Waals surface area contributed by atoms with Crippen LogP contribution in [0.15, 0.2) is 53.0 Å². The quantitative estimate of drug-likeness (QED) is 0.563. The van der Waals surface area contributed by atoms with Crippen molar-refractivity contribution >= 4 is 50.2 Å². The number of benzene rings is 2. The molecule has 3 aromatic rings. The third kappa shape index (κ3) is 4.27. The van der Waals surface area contributed by atoms with Gasteiger partial charge in [-0.3, -0.25) is 14.4 Å². The smallest absolute Gasteiger partial charge is 0.255 e. The van der Waals surface area contributed by atoms with E-state index >= 15 is 0 Å². The molecule has 0 radical (unpaired) electrons. The average molecular weight is 497 g/mol. The lowest BCUT2D eigenvalue weighted by Crippen LogP contribution is -2.42. The van der Waals surface area contributed by atoms with E-state index in [1.807, 2.05) is 35.8 Å². The Morgan fingerprint density at radius 2 is 1.72 bits per heavy atom. The second-order valence-corrected chi connectivity index (χ2v) is 8.86. The van der Waals surface area contributed by atoms with Crippen molar-refractivity contribution < 1.29 is 14.4 Å². The predicted molar refractivity (Wildman–Crippen MR) is 127 cm³/mol. The summed E-state index contributed by atoms with van der Waals surface area (Å²) in [6, 6.07) is 14.9. The van der Waals surface area contributed by atoms with Crippen molar-refractivity contribution in [3.05, 3.63) is 64.3 Å². The number of aromatic nitrogens is 1. The Hall–Kier alpha value is -3.13. The van der Waals surface area contributed by atoms with Crippen LogP contribution in [0.2, 0.25) is 0 Å². The lowest BCUT2D eigenvalue weighted by molar-refractivity contribution is -0.123. The number of fused-ring (bicyclic) bond motifs is 1. The zero-order valence-electron chi connectivity index (χ0n) is 17.8. The molecule has 1 fully saturated rings. The molecule has 0 aliphatic carbocycles. The van der Waals surface area contributed by atoms with E-state index in [4.69, 9.17) is 5.73 Å². The third-order valence-electron chi connectivity index (χ3n) is 6.07. The average Bonchev–Trinajstić information content (AvgIpc) is 3.04. The normalized spacial score (nSPS) is 14.5. The minimum atomic E-state index is -0.316. The Balaban J connectivity index is 1.50. The van der Waals surface area contributed by atoms with E-state index in [2.05, 4.69) is 21.2 Å². The molecule has 2 aromatic carbocycles. The van der Waals surface area contributed by atoms with Crippen LogP contribution in [0.4, 0.5) is 5.69 Å². The number of rotatable bonds is 5. The molecule has 166 valence electrons. The van der Waals surface area contributed by atoms with Gasteiger partial charge in [-0.05, 0) is 53.9 Å². The van der Waals surface area contributed by atoms with Crippen molar-refractivity contribution in [3.63, 3.8) is 0 Å². The number of piperidine rings is 1. The van der Waals surface area contributed by atoms with Crippen molar-refractivity contribution in [1.29, 1.82) is 0 Å². The fourth-order valence-electron chi connectivity index (χ4n) is 4.24. The molecule has 1 aliphatic rings. The summed E-state index contributed by atoms with van der Waals surface area (Å²) in [7, 11) is 0. The van der Waals surface area contributed by atoms with E-state index in [1.54, 1.807) is 29.2 Å². The summed E-state index contributed by atoms with van der Waals surface area (Å²) in [4.78, 5) is 39.2. The number of nitrogens with two attached hydrogens (primary N) is 1. The van der Waals surface area contributed by atoms with Crippen LogP contribution in [0.5, 0.6) is 0 Å². The third-order valence-corrected chi connectivity index (χ3v) is 7.07. The standard InChI is InChI=1S/C24H25BrN4O3/c1-15-22(25)18-7-3-5-9-20(18)29(15)14-21(30)27-19-8-4-2-6-17(19)24(32)28-12-10-16(11-13-28)23(26)31/h2-9,16H,10-14H2,1H3,(H2,26,31)(H,27,30). The highest BCUT2D eigenvalue weighted by Gasteiger charge is 2.27. The first kappa shape index (κ1) is 22.1. The first-order chi connectivity index (χ1) is 15.4. The van der Waals surface area contributed by atoms with Gasteiger partial charge in [-0.1, -0.05) is 30.3 Å². The van der Waals surface area contributed by atoms with Gasteiger partial charge in [-0.15, -0.1) is 0 Å². The number of hydrogen-bond acceptors (Lipinski definition) is 3. The molecule has 1 saturated heterocycles. The number of hydrogen-bond donors (Lipinski definition) is 2. The molecule has 8 heteroatoms. The van der Waals surface area contributed by atoms with Crippen molar-refractivity contribution in [2.24, 2.45) is 11.7 Å². The second kappa shape index (κ2) is 9.16. The molecule has 0 bridgehead atoms. The van der Waals surface area contributed by atoms with Crippen LogP contribution in [0.3, 0.4) is 0 Å². The number of nitrogens with zero attached hydrogens (tertiary/aromatic N) is 2. The van der Waals surface area contributed by atoms with E-state index in [0.29, 0.717) is 37.2 Å². The second-order valence-electron chi connectivity index (χ2n) is 8.07. The summed E-state index contributed by atoms with van der Waals surface area (Å²) in [5.41, 5.74) is 8.24. The van der Waals surface area contributed by atoms with Crippen LogP contribution in [-0.4, -0.2) is 40.3 Å². The molecule has 3 amide bonds. The van der Waals surface area contributed by atoms with E-state index in [1.165, 1.54) is 0 Å². The van der Waals surface area contributed by atoms with Gasteiger partial charge in [0.15, 0.2) is 0 Å². The summed E-state index contributed by atoms with van der Waals surface area (Å²) in [5, 5.41) is 3.96. The molecular formula is C24H25BrN4O3. The number of anilines is 1. The number of nitrogens with one attached hydrogen (secondary N) is 1. The fourth-order valence-corrected chi connectivity index (χ4v) is 4.79. The summed E-state index contributed by atoms with van der Waals surface area (Å²) >= 11 is 3.61. The van der Waals surface area contributed by atoms with Crippen molar-refractivity contribution in [1.82, 2.24) is 9.47 Å². The van der Waals surface area contributed by atoms with Crippen molar-refractivity contribution in [2.75, 3.05) is 18.4 Å². The number of carbonyl (C=O) groups excluding carboxylic acids is 3. The summed E-state index contributed by atoms with van der Waals surface area (Å²) < 4.78 is 2.92. The minimum absolute atomic E-state index is 0.129. The molecule has 0 saturated carbocycles. The number of para-hydroxylation sites is 2.